The average Bonchev–Trinajstić information content (AvgIpc) is 2.31. The molecule has 1 aromatic heterocycles. The summed E-state index contributed by atoms with van der Waals surface area (Å²) >= 11 is 0. The van der Waals surface area contributed by atoms with Crippen LogP contribution in [0, 0.1) is 13.8 Å². The van der Waals surface area contributed by atoms with Crippen molar-refractivity contribution in [1.82, 2.24) is 4.98 Å². The van der Waals surface area contributed by atoms with Crippen LogP contribution in [0.4, 0.5) is 11.4 Å². The van der Waals surface area contributed by atoms with Gasteiger partial charge in [-0.25, -0.2) is 0 Å². The first-order chi connectivity index (χ1) is 8.56. The predicted molar refractivity (Wildman–Crippen MR) is 76.7 cm³/mol. The lowest BCUT2D eigenvalue weighted by molar-refractivity contribution is 0.887. The monoisotopic (exact) mass is 241 g/mol. The van der Waals surface area contributed by atoms with Crippen molar-refractivity contribution in [1.29, 1.82) is 0 Å². The van der Waals surface area contributed by atoms with Crippen molar-refractivity contribution in [3.63, 3.8) is 0 Å². The Hall–Kier alpha value is -2.03. The molecule has 18 heavy (non-hydrogen) atoms. The number of aromatic nitrogens is 1. The van der Waals surface area contributed by atoms with Crippen molar-refractivity contribution in [2.24, 2.45) is 0 Å². The van der Waals surface area contributed by atoms with Crippen LogP contribution in [0.1, 0.15) is 16.8 Å². The van der Waals surface area contributed by atoms with Crippen molar-refractivity contribution in [3.8, 4) is 0 Å². The Balaban J connectivity index is 2.22. The number of aryl methyl sites for hydroxylation is 2. The van der Waals surface area contributed by atoms with Gasteiger partial charge in [-0.15, -0.1) is 0 Å². The number of hydrogen-bond acceptors (Lipinski definition) is 3. The van der Waals surface area contributed by atoms with Gasteiger partial charge in [0.1, 0.15) is 0 Å². The number of rotatable bonds is 3. The van der Waals surface area contributed by atoms with Gasteiger partial charge in [-0.05, 0) is 49.2 Å². The molecular weight excluding hydrogens is 222 g/mol. The van der Waals surface area contributed by atoms with E-state index in [1.807, 2.05) is 12.1 Å². The highest BCUT2D eigenvalue weighted by molar-refractivity contribution is 5.52. The highest BCUT2D eigenvalue weighted by atomic mass is 15.1. The highest BCUT2D eigenvalue weighted by Crippen LogP contribution is 2.20. The zero-order valence-corrected chi connectivity index (χ0v) is 11.1. The Bertz CT molecular complexity index is 529. The number of hydrogen-bond donors (Lipinski definition) is 1. The number of benzene rings is 1. The Labute approximate surface area is 108 Å². The molecule has 0 saturated carbocycles. The van der Waals surface area contributed by atoms with Crippen LogP contribution in [0.3, 0.4) is 0 Å². The van der Waals surface area contributed by atoms with E-state index >= 15 is 0 Å². The fraction of sp³-hybridized carbons (Fsp3) is 0.267. The molecular formula is C15H19N3. The fourth-order valence-electron chi connectivity index (χ4n) is 2.07. The quantitative estimate of drug-likeness (QED) is 0.898. The lowest BCUT2D eigenvalue weighted by Gasteiger charge is -2.20. The second kappa shape index (κ2) is 5.08. The SMILES string of the molecule is Cc1cc(C)cc(N(C)Cc2ncccc2N)c1. The number of nitrogens with two attached hydrogens (primary N) is 1. The van der Waals surface area contributed by atoms with E-state index in [4.69, 9.17) is 5.73 Å². The lowest BCUT2D eigenvalue weighted by atomic mass is 10.1. The van der Waals surface area contributed by atoms with E-state index in [1.54, 1.807) is 6.20 Å². The standard InChI is InChI=1S/C15H19N3/c1-11-7-12(2)9-13(8-11)18(3)10-15-14(16)5-4-6-17-15/h4-9H,10,16H2,1-3H3. The molecule has 0 unspecified atom stereocenters. The predicted octanol–water partition coefficient (Wildman–Crippen LogP) is 2.92. The summed E-state index contributed by atoms with van der Waals surface area (Å²) in [6.07, 6.45) is 1.78. The van der Waals surface area contributed by atoms with Crippen LogP contribution in [-0.4, -0.2) is 12.0 Å². The third-order valence-electron chi connectivity index (χ3n) is 2.96. The Morgan fingerprint density at radius 2 is 1.83 bits per heavy atom. The topological polar surface area (TPSA) is 42.2 Å². The summed E-state index contributed by atoms with van der Waals surface area (Å²) in [6.45, 7) is 4.94. The van der Waals surface area contributed by atoms with Gasteiger partial charge in [-0.2, -0.15) is 0 Å². The number of pyridine rings is 1. The van der Waals surface area contributed by atoms with E-state index in [1.165, 1.54) is 16.8 Å². The Kier molecular flexibility index (Phi) is 3.51. The van der Waals surface area contributed by atoms with Gasteiger partial charge >= 0.3 is 0 Å². The molecule has 1 aromatic carbocycles. The molecule has 3 heteroatoms. The van der Waals surface area contributed by atoms with Gasteiger partial charge in [-0.3, -0.25) is 4.98 Å². The van der Waals surface area contributed by atoms with E-state index in [0.29, 0.717) is 0 Å². The van der Waals surface area contributed by atoms with E-state index < -0.39 is 0 Å². The largest absolute Gasteiger partial charge is 0.397 e. The molecule has 2 N–H and O–H groups in total. The minimum absolute atomic E-state index is 0.718. The number of anilines is 2. The second-order valence-corrected chi connectivity index (χ2v) is 4.74. The molecule has 3 nitrogen and oxygen atoms in total. The molecule has 0 aliphatic heterocycles. The summed E-state index contributed by atoms with van der Waals surface area (Å²) in [6, 6.07) is 10.3. The maximum Gasteiger partial charge on any atom is 0.0825 e. The van der Waals surface area contributed by atoms with Crippen LogP contribution in [0.5, 0.6) is 0 Å². The van der Waals surface area contributed by atoms with Crippen LogP contribution in [0.25, 0.3) is 0 Å². The molecule has 0 aliphatic carbocycles. The molecule has 0 amide bonds. The molecule has 0 aliphatic rings. The van der Waals surface area contributed by atoms with Crippen molar-refractivity contribution in [3.05, 3.63) is 53.3 Å². The normalized spacial score (nSPS) is 10.4. The minimum Gasteiger partial charge on any atom is -0.397 e. The smallest absolute Gasteiger partial charge is 0.0825 e. The van der Waals surface area contributed by atoms with Gasteiger partial charge in [0, 0.05) is 18.9 Å². The number of nitrogen functional groups attached to an aromatic ring is 1. The number of nitrogens with zero attached hydrogens (tertiary/aromatic N) is 2. The van der Waals surface area contributed by atoms with Crippen LogP contribution in [-0.2, 0) is 6.54 Å². The first-order valence-electron chi connectivity index (χ1n) is 6.05. The van der Waals surface area contributed by atoms with Crippen LogP contribution in [0.2, 0.25) is 0 Å². The molecule has 94 valence electrons. The van der Waals surface area contributed by atoms with Crippen molar-refractivity contribution >= 4 is 11.4 Å². The van der Waals surface area contributed by atoms with Gasteiger partial charge in [-0.1, -0.05) is 6.07 Å². The molecule has 0 radical (unpaired) electrons. The van der Waals surface area contributed by atoms with E-state index in [9.17, 15) is 0 Å². The van der Waals surface area contributed by atoms with Crippen molar-refractivity contribution in [2.45, 2.75) is 20.4 Å². The molecule has 0 atom stereocenters. The lowest BCUT2D eigenvalue weighted by Crippen LogP contribution is -2.18. The summed E-state index contributed by atoms with van der Waals surface area (Å²) in [4.78, 5) is 6.49. The molecule has 1 heterocycles. The van der Waals surface area contributed by atoms with Gasteiger partial charge in [0.15, 0.2) is 0 Å². The van der Waals surface area contributed by atoms with Gasteiger partial charge < -0.3 is 10.6 Å². The van der Waals surface area contributed by atoms with Crippen LogP contribution in [0.15, 0.2) is 36.5 Å². The van der Waals surface area contributed by atoms with E-state index in [2.05, 4.69) is 49.0 Å². The summed E-state index contributed by atoms with van der Waals surface area (Å²) < 4.78 is 0. The Morgan fingerprint density at radius 3 is 2.44 bits per heavy atom. The molecule has 0 fully saturated rings. The third-order valence-corrected chi connectivity index (χ3v) is 2.96. The maximum absolute atomic E-state index is 5.92. The summed E-state index contributed by atoms with van der Waals surface area (Å²) in [5, 5.41) is 0. The van der Waals surface area contributed by atoms with Gasteiger partial charge in [0.2, 0.25) is 0 Å². The molecule has 0 saturated heterocycles. The zero-order chi connectivity index (χ0) is 13.1. The van der Waals surface area contributed by atoms with Crippen LogP contribution < -0.4 is 10.6 Å². The first kappa shape index (κ1) is 12.4. The molecule has 2 aromatic rings. The molecule has 0 bridgehead atoms. The fourth-order valence-corrected chi connectivity index (χ4v) is 2.07. The maximum atomic E-state index is 5.92. The van der Waals surface area contributed by atoms with Crippen LogP contribution >= 0.6 is 0 Å². The van der Waals surface area contributed by atoms with E-state index in [0.717, 1.165) is 17.9 Å². The second-order valence-electron chi connectivity index (χ2n) is 4.74. The summed E-state index contributed by atoms with van der Waals surface area (Å²) in [5.74, 6) is 0. The minimum atomic E-state index is 0.718. The first-order valence-corrected chi connectivity index (χ1v) is 6.05. The summed E-state index contributed by atoms with van der Waals surface area (Å²) in [5.41, 5.74) is 11.3. The Morgan fingerprint density at radius 1 is 1.17 bits per heavy atom. The summed E-state index contributed by atoms with van der Waals surface area (Å²) in [7, 11) is 2.06. The van der Waals surface area contributed by atoms with Crippen molar-refractivity contribution in [2.75, 3.05) is 17.7 Å². The van der Waals surface area contributed by atoms with E-state index in [-0.39, 0.29) is 0 Å². The average molecular weight is 241 g/mol. The van der Waals surface area contributed by atoms with Gasteiger partial charge in [0.25, 0.3) is 0 Å². The van der Waals surface area contributed by atoms with Crippen molar-refractivity contribution < 1.29 is 0 Å². The third kappa shape index (κ3) is 2.80. The molecule has 2 rings (SSSR count). The molecule has 0 spiro atoms. The zero-order valence-electron chi connectivity index (χ0n) is 11.1. The highest BCUT2D eigenvalue weighted by Gasteiger charge is 2.06. The van der Waals surface area contributed by atoms with Gasteiger partial charge in [0.05, 0.1) is 17.9 Å².